The Kier molecular flexibility index (Phi) is 3.99. The molecule has 1 N–H and O–H groups in total. The van der Waals surface area contributed by atoms with Gasteiger partial charge in [-0.05, 0) is 49.4 Å². The summed E-state index contributed by atoms with van der Waals surface area (Å²) in [6, 6.07) is 13.6. The summed E-state index contributed by atoms with van der Waals surface area (Å²) in [7, 11) is 0. The van der Waals surface area contributed by atoms with Gasteiger partial charge in [0.25, 0.3) is 0 Å². The summed E-state index contributed by atoms with van der Waals surface area (Å²) in [5, 5.41) is 11.7. The van der Waals surface area contributed by atoms with Crippen LogP contribution in [0.2, 0.25) is 0 Å². The van der Waals surface area contributed by atoms with Crippen molar-refractivity contribution in [3.63, 3.8) is 0 Å². The number of nitriles is 1. The van der Waals surface area contributed by atoms with E-state index in [2.05, 4.69) is 5.32 Å². The molecular weight excluding hydrogens is 243 g/mol. The van der Waals surface area contributed by atoms with Gasteiger partial charge in [-0.15, -0.1) is 0 Å². The van der Waals surface area contributed by atoms with Crippen molar-refractivity contribution in [1.82, 2.24) is 0 Å². The zero-order valence-corrected chi connectivity index (χ0v) is 10.5. The highest BCUT2D eigenvalue weighted by Gasteiger charge is 2.03. The highest BCUT2D eigenvalue weighted by atomic mass is 19.1. The second-order valence-corrected chi connectivity index (χ2v) is 3.89. The minimum atomic E-state index is -0.529. The molecular formula is C15H13FN2O. The van der Waals surface area contributed by atoms with Gasteiger partial charge in [-0.2, -0.15) is 5.26 Å². The number of ether oxygens (including phenoxy) is 1. The molecule has 0 spiro atoms. The van der Waals surface area contributed by atoms with Gasteiger partial charge in [0, 0.05) is 11.4 Å². The van der Waals surface area contributed by atoms with E-state index in [4.69, 9.17) is 10.00 Å². The maximum absolute atomic E-state index is 13.4. The smallest absolute Gasteiger partial charge is 0.143 e. The first kappa shape index (κ1) is 12.9. The van der Waals surface area contributed by atoms with E-state index in [1.807, 2.05) is 31.2 Å². The molecule has 0 bridgehead atoms. The van der Waals surface area contributed by atoms with Gasteiger partial charge in [0.2, 0.25) is 0 Å². The molecule has 0 aliphatic heterocycles. The lowest BCUT2D eigenvalue weighted by atomic mass is 10.2. The van der Waals surface area contributed by atoms with Crippen molar-refractivity contribution in [2.45, 2.75) is 6.92 Å². The van der Waals surface area contributed by atoms with Crippen molar-refractivity contribution in [2.75, 3.05) is 11.9 Å². The minimum Gasteiger partial charge on any atom is -0.494 e. The van der Waals surface area contributed by atoms with E-state index in [0.29, 0.717) is 12.3 Å². The molecule has 0 aromatic heterocycles. The summed E-state index contributed by atoms with van der Waals surface area (Å²) in [5.74, 6) is 0.262. The van der Waals surface area contributed by atoms with Gasteiger partial charge in [0.1, 0.15) is 17.6 Å². The van der Waals surface area contributed by atoms with Gasteiger partial charge < -0.3 is 10.1 Å². The molecule has 19 heavy (non-hydrogen) atoms. The Bertz CT molecular complexity index is 603. The summed E-state index contributed by atoms with van der Waals surface area (Å²) >= 11 is 0. The van der Waals surface area contributed by atoms with Crippen LogP contribution < -0.4 is 10.1 Å². The standard InChI is InChI=1S/C15H13FN2O/c1-2-19-14-7-5-12(6-8-14)18-13-4-3-11(10-17)15(16)9-13/h3-9,18H,2H2,1H3. The third-order valence-corrected chi connectivity index (χ3v) is 2.54. The lowest BCUT2D eigenvalue weighted by Crippen LogP contribution is -1.94. The fourth-order valence-electron chi connectivity index (χ4n) is 1.65. The van der Waals surface area contributed by atoms with Gasteiger partial charge in [-0.25, -0.2) is 4.39 Å². The lowest BCUT2D eigenvalue weighted by molar-refractivity contribution is 0.340. The first-order chi connectivity index (χ1) is 9.22. The molecule has 0 amide bonds. The molecule has 0 heterocycles. The van der Waals surface area contributed by atoms with Gasteiger partial charge >= 0.3 is 0 Å². The summed E-state index contributed by atoms with van der Waals surface area (Å²) < 4.78 is 18.8. The van der Waals surface area contributed by atoms with Crippen LogP contribution in [0, 0.1) is 17.1 Å². The maximum Gasteiger partial charge on any atom is 0.143 e. The Labute approximate surface area is 111 Å². The molecule has 2 rings (SSSR count). The van der Waals surface area contributed by atoms with Crippen molar-refractivity contribution in [2.24, 2.45) is 0 Å². The summed E-state index contributed by atoms with van der Waals surface area (Å²) in [5.41, 5.74) is 1.46. The molecule has 0 fully saturated rings. The van der Waals surface area contributed by atoms with Crippen LogP contribution in [0.25, 0.3) is 0 Å². The van der Waals surface area contributed by atoms with E-state index >= 15 is 0 Å². The number of halogens is 1. The second-order valence-electron chi connectivity index (χ2n) is 3.89. The fraction of sp³-hybridized carbons (Fsp3) is 0.133. The minimum absolute atomic E-state index is 0.0391. The van der Waals surface area contributed by atoms with Crippen LogP contribution in [0.15, 0.2) is 42.5 Å². The Morgan fingerprint density at radius 1 is 1.16 bits per heavy atom. The van der Waals surface area contributed by atoms with Crippen molar-refractivity contribution in [3.05, 3.63) is 53.8 Å². The first-order valence-corrected chi connectivity index (χ1v) is 5.92. The molecule has 0 radical (unpaired) electrons. The van der Waals surface area contributed by atoms with E-state index in [0.717, 1.165) is 11.4 Å². The van der Waals surface area contributed by atoms with Crippen LogP contribution in [-0.2, 0) is 0 Å². The van der Waals surface area contributed by atoms with Gasteiger partial charge in [0.05, 0.1) is 12.2 Å². The lowest BCUT2D eigenvalue weighted by Gasteiger charge is -2.08. The number of anilines is 2. The molecule has 2 aromatic carbocycles. The van der Waals surface area contributed by atoms with Crippen molar-refractivity contribution < 1.29 is 9.13 Å². The van der Waals surface area contributed by atoms with E-state index in [1.165, 1.54) is 12.1 Å². The molecule has 3 nitrogen and oxygen atoms in total. The van der Waals surface area contributed by atoms with Crippen LogP contribution in [0.1, 0.15) is 12.5 Å². The highest BCUT2D eigenvalue weighted by Crippen LogP contribution is 2.21. The number of rotatable bonds is 4. The molecule has 4 heteroatoms. The second kappa shape index (κ2) is 5.87. The average molecular weight is 256 g/mol. The molecule has 96 valence electrons. The summed E-state index contributed by atoms with van der Waals surface area (Å²) in [4.78, 5) is 0. The topological polar surface area (TPSA) is 45.0 Å². The maximum atomic E-state index is 13.4. The van der Waals surface area contributed by atoms with Crippen LogP contribution in [-0.4, -0.2) is 6.61 Å². The first-order valence-electron chi connectivity index (χ1n) is 5.92. The third-order valence-electron chi connectivity index (χ3n) is 2.54. The van der Waals surface area contributed by atoms with Crippen LogP contribution in [0.3, 0.4) is 0 Å². The highest BCUT2D eigenvalue weighted by molar-refractivity contribution is 5.61. The number of nitrogens with zero attached hydrogens (tertiary/aromatic N) is 1. The Hall–Kier alpha value is -2.54. The molecule has 0 unspecified atom stereocenters. The van der Waals surface area contributed by atoms with E-state index in [9.17, 15) is 4.39 Å². The van der Waals surface area contributed by atoms with Gasteiger partial charge in [-0.3, -0.25) is 0 Å². The van der Waals surface area contributed by atoms with Crippen molar-refractivity contribution >= 4 is 11.4 Å². The average Bonchev–Trinajstić information content (AvgIpc) is 2.42. The summed E-state index contributed by atoms with van der Waals surface area (Å²) in [6.07, 6.45) is 0. The zero-order valence-electron chi connectivity index (χ0n) is 10.5. The number of nitrogens with one attached hydrogen (secondary N) is 1. The molecule has 2 aromatic rings. The number of hydrogen-bond donors (Lipinski definition) is 1. The van der Waals surface area contributed by atoms with E-state index < -0.39 is 5.82 Å². The quantitative estimate of drug-likeness (QED) is 0.903. The normalized spacial score (nSPS) is 9.74. The predicted molar refractivity (Wildman–Crippen MR) is 72.0 cm³/mol. The fourth-order valence-corrected chi connectivity index (χ4v) is 1.65. The molecule has 0 saturated carbocycles. The predicted octanol–water partition coefficient (Wildman–Crippen LogP) is 3.84. The molecule has 0 atom stereocenters. The van der Waals surface area contributed by atoms with Gasteiger partial charge in [0.15, 0.2) is 0 Å². The number of benzene rings is 2. The largest absolute Gasteiger partial charge is 0.494 e. The third kappa shape index (κ3) is 3.23. The monoisotopic (exact) mass is 256 g/mol. The van der Waals surface area contributed by atoms with Crippen LogP contribution >= 0.6 is 0 Å². The Morgan fingerprint density at radius 3 is 2.42 bits per heavy atom. The SMILES string of the molecule is CCOc1ccc(Nc2ccc(C#N)c(F)c2)cc1. The zero-order chi connectivity index (χ0) is 13.7. The summed E-state index contributed by atoms with van der Waals surface area (Å²) in [6.45, 7) is 2.54. The Morgan fingerprint density at radius 2 is 1.84 bits per heavy atom. The molecule has 0 saturated heterocycles. The van der Waals surface area contributed by atoms with Gasteiger partial charge in [-0.1, -0.05) is 0 Å². The number of hydrogen-bond acceptors (Lipinski definition) is 3. The van der Waals surface area contributed by atoms with Crippen LogP contribution in [0.5, 0.6) is 5.75 Å². The molecule has 0 aliphatic rings. The van der Waals surface area contributed by atoms with Crippen molar-refractivity contribution in [1.29, 1.82) is 5.26 Å². The Balaban J connectivity index is 2.13. The van der Waals surface area contributed by atoms with E-state index in [1.54, 1.807) is 12.1 Å². The van der Waals surface area contributed by atoms with E-state index in [-0.39, 0.29) is 5.56 Å². The van der Waals surface area contributed by atoms with Crippen molar-refractivity contribution in [3.8, 4) is 11.8 Å². The molecule has 0 aliphatic carbocycles. The van der Waals surface area contributed by atoms with Crippen LogP contribution in [0.4, 0.5) is 15.8 Å².